The van der Waals surface area contributed by atoms with E-state index in [9.17, 15) is 4.79 Å². The Morgan fingerprint density at radius 1 is 1.11 bits per heavy atom. The minimum absolute atomic E-state index is 0.173. The molecular formula is C21H18N4OS. The number of aryl methyl sites for hydroxylation is 1. The van der Waals surface area contributed by atoms with Crippen LogP contribution in [-0.4, -0.2) is 20.7 Å². The van der Waals surface area contributed by atoms with Gasteiger partial charge in [0.25, 0.3) is 5.91 Å². The summed E-state index contributed by atoms with van der Waals surface area (Å²) in [6.45, 7) is 3.93. The van der Waals surface area contributed by atoms with Crippen molar-refractivity contribution in [1.29, 1.82) is 0 Å². The van der Waals surface area contributed by atoms with Gasteiger partial charge in [0.2, 0.25) is 0 Å². The van der Waals surface area contributed by atoms with E-state index in [0.29, 0.717) is 5.56 Å². The summed E-state index contributed by atoms with van der Waals surface area (Å²) in [5.74, 6) is -0.173. The molecule has 0 aliphatic heterocycles. The second-order valence-corrected chi connectivity index (χ2v) is 7.16. The standard InChI is InChI=1S/C21H18N4OS/c1-14-4-3-5-18(12-14)25-15(2)19(13-23-25)20(26)24-17-8-6-16(7-9-17)21-22-10-11-27-21/h3-13H,1-2H3,(H,24,26). The molecule has 0 spiro atoms. The molecule has 0 unspecified atom stereocenters. The summed E-state index contributed by atoms with van der Waals surface area (Å²) < 4.78 is 1.79. The van der Waals surface area contributed by atoms with Crippen LogP contribution in [0, 0.1) is 13.8 Å². The zero-order valence-electron chi connectivity index (χ0n) is 15.0. The van der Waals surface area contributed by atoms with Gasteiger partial charge in [-0.1, -0.05) is 12.1 Å². The third kappa shape index (κ3) is 3.52. The smallest absolute Gasteiger partial charge is 0.259 e. The average Bonchev–Trinajstić information content (AvgIpc) is 3.32. The van der Waals surface area contributed by atoms with Crippen LogP contribution in [0.15, 0.2) is 66.3 Å². The molecule has 27 heavy (non-hydrogen) atoms. The molecule has 0 fully saturated rings. The summed E-state index contributed by atoms with van der Waals surface area (Å²) >= 11 is 1.59. The molecule has 0 bridgehead atoms. The quantitative estimate of drug-likeness (QED) is 0.555. The Morgan fingerprint density at radius 3 is 2.63 bits per heavy atom. The van der Waals surface area contributed by atoms with Gasteiger partial charge in [-0.05, 0) is 55.8 Å². The molecule has 5 nitrogen and oxygen atoms in total. The number of amides is 1. The lowest BCUT2D eigenvalue weighted by Crippen LogP contribution is -2.13. The Labute approximate surface area is 161 Å². The summed E-state index contributed by atoms with van der Waals surface area (Å²) in [6.07, 6.45) is 3.39. The minimum atomic E-state index is -0.173. The Kier molecular flexibility index (Phi) is 4.56. The number of nitrogens with zero attached hydrogens (tertiary/aromatic N) is 3. The first-order chi connectivity index (χ1) is 13.1. The molecule has 1 N–H and O–H groups in total. The van der Waals surface area contributed by atoms with E-state index in [1.807, 2.05) is 67.8 Å². The highest BCUT2D eigenvalue weighted by Gasteiger charge is 2.15. The fourth-order valence-electron chi connectivity index (χ4n) is 2.91. The van der Waals surface area contributed by atoms with Crippen LogP contribution in [0.2, 0.25) is 0 Å². The summed E-state index contributed by atoms with van der Waals surface area (Å²) in [7, 11) is 0. The summed E-state index contributed by atoms with van der Waals surface area (Å²) in [4.78, 5) is 17.0. The second kappa shape index (κ2) is 7.17. The topological polar surface area (TPSA) is 59.8 Å². The fraction of sp³-hybridized carbons (Fsp3) is 0.0952. The molecule has 0 aliphatic rings. The van der Waals surface area contributed by atoms with Gasteiger partial charge >= 0.3 is 0 Å². The largest absolute Gasteiger partial charge is 0.322 e. The van der Waals surface area contributed by atoms with Gasteiger partial charge in [0.1, 0.15) is 5.01 Å². The van der Waals surface area contributed by atoms with Crippen LogP contribution in [0.5, 0.6) is 0 Å². The molecule has 2 aromatic carbocycles. The molecule has 0 aliphatic carbocycles. The number of benzene rings is 2. The number of hydrogen-bond donors (Lipinski definition) is 1. The van der Waals surface area contributed by atoms with Crippen LogP contribution in [-0.2, 0) is 0 Å². The summed E-state index contributed by atoms with van der Waals surface area (Å²) in [5, 5.41) is 10.2. The monoisotopic (exact) mass is 374 g/mol. The van der Waals surface area contributed by atoms with Gasteiger partial charge in [-0.2, -0.15) is 5.10 Å². The first-order valence-electron chi connectivity index (χ1n) is 8.55. The van der Waals surface area contributed by atoms with Crippen molar-refractivity contribution in [1.82, 2.24) is 14.8 Å². The van der Waals surface area contributed by atoms with Crippen LogP contribution in [0.25, 0.3) is 16.3 Å². The van der Waals surface area contributed by atoms with Gasteiger partial charge in [-0.25, -0.2) is 9.67 Å². The van der Waals surface area contributed by atoms with Gasteiger partial charge in [0, 0.05) is 22.8 Å². The van der Waals surface area contributed by atoms with Crippen molar-refractivity contribution >= 4 is 22.9 Å². The van der Waals surface area contributed by atoms with E-state index in [0.717, 1.165) is 33.2 Å². The van der Waals surface area contributed by atoms with Crippen LogP contribution >= 0.6 is 11.3 Å². The lowest BCUT2D eigenvalue weighted by atomic mass is 10.2. The average molecular weight is 374 g/mol. The van der Waals surface area contributed by atoms with E-state index in [1.54, 1.807) is 28.4 Å². The third-order valence-corrected chi connectivity index (χ3v) is 5.14. The van der Waals surface area contributed by atoms with E-state index in [-0.39, 0.29) is 5.91 Å². The molecular weight excluding hydrogens is 356 g/mol. The lowest BCUT2D eigenvalue weighted by molar-refractivity contribution is 0.102. The molecule has 4 rings (SSSR count). The van der Waals surface area contributed by atoms with Gasteiger partial charge in [0.15, 0.2) is 0 Å². The van der Waals surface area contributed by atoms with Gasteiger partial charge in [-0.3, -0.25) is 4.79 Å². The Hall–Kier alpha value is -3.25. The Morgan fingerprint density at radius 2 is 1.93 bits per heavy atom. The first-order valence-corrected chi connectivity index (χ1v) is 9.43. The van der Waals surface area contributed by atoms with Crippen molar-refractivity contribution in [2.75, 3.05) is 5.32 Å². The molecule has 0 atom stereocenters. The predicted octanol–water partition coefficient (Wildman–Crippen LogP) is 4.86. The van der Waals surface area contributed by atoms with Gasteiger partial charge in [-0.15, -0.1) is 11.3 Å². The van der Waals surface area contributed by atoms with Crippen molar-refractivity contribution in [2.24, 2.45) is 0 Å². The lowest BCUT2D eigenvalue weighted by Gasteiger charge is -2.08. The molecule has 134 valence electrons. The molecule has 0 saturated heterocycles. The van der Waals surface area contributed by atoms with Crippen LogP contribution in [0.3, 0.4) is 0 Å². The first kappa shape index (κ1) is 17.2. The van der Waals surface area contributed by atoms with Gasteiger partial charge in [0.05, 0.1) is 23.1 Å². The SMILES string of the molecule is Cc1cccc(-n2ncc(C(=O)Nc3ccc(-c4nccs4)cc3)c2C)c1. The zero-order valence-corrected chi connectivity index (χ0v) is 15.8. The number of anilines is 1. The van der Waals surface area contributed by atoms with E-state index < -0.39 is 0 Å². The normalized spacial score (nSPS) is 10.7. The highest BCUT2D eigenvalue weighted by Crippen LogP contribution is 2.24. The zero-order chi connectivity index (χ0) is 18.8. The number of thiazole rings is 1. The molecule has 2 heterocycles. The van der Waals surface area contributed by atoms with Crippen molar-refractivity contribution in [3.63, 3.8) is 0 Å². The van der Waals surface area contributed by atoms with E-state index in [1.165, 1.54) is 0 Å². The Bertz CT molecular complexity index is 1080. The van der Waals surface area contributed by atoms with Crippen LogP contribution in [0.4, 0.5) is 5.69 Å². The maximum Gasteiger partial charge on any atom is 0.259 e. The van der Waals surface area contributed by atoms with Crippen molar-refractivity contribution in [3.05, 3.63) is 83.1 Å². The van der Waals surface area contributed by atoms with E-state index in [2.05, 4.69) is 15.4 Å². The van der Waals surface area contributed by atoms with Crippen LogP contribution < -0.4 is 5.32 Å². The fourth-order valence-corrected chi connectivity index (χ4v) is 3.56. The van der Waals surface area contributed by atoms with Crippen LogP contribution in [0.1, 0.15) is 21.6 Å². The number of aromatic nitrogens is 3. The number of carbonyl (C=O) groups is 1. The number of rotatable bonds is 4. The van der Waals surface area contributed by atoms with E-state index >= 15 is 0 Å². The molecule has 0 saturated carbocycles. The summed E-state index contributed by atoms with van der Waals surface area (Å²) in [6, 6.07) is 15.7. The highest BCUT2D eigenvalue weighted by molar-refractivity contribution is 7.13. The number of nitrogens with one attached hydrogen (secondary N) is 1. The minimum Gasteiger partial charge on any atom is -0.322 e. The molecule has 1 amide bonds. The molecule has 6 heteroatoms. The van der Waals surface area contributed by atoms with Crippen molar-refractivity contribution in [2.45, 2.75) is 13.8 Å². The molecule has 0 radical (unpaired) electrons. The molecule has 2 aromatic heterocycles. The highest BCUT2D eigenvalue weighted by atomic mass is 32.1. The number of hydrogen-bond acceptors (Lipinski definition) is 4. The third-order valence-electron chi connectivity index (χ3n) is 4.32. The van der Waals surface area contributed by atoms with Crippen molar-refractivity contribution < 1.29 is 4.79 Å². The maximum atomic E-state index is 12.7. The maximum absolute atomic E-state index is 12.7. The van der Waals surface area contributed by atoms with E-state index in [4.69, 9.17) is 0 Å². The molecule has 4 aromatic rings. The predicted molar refractivity (Wildman–Crippen MR) is 109 cm³/mol. The van der Waals surface area contributed by atoms with Gasteiger partial charge < -0.3 is 5.32 Å². The second-order valence-electron chi connectivity index (χ2n) is 6.26. The number of carbonyl (C=O) groups excluding carboxylic acids is 1. The summed E-state index contributed by atoms with van der Waals surface area (Å²) in [5.41, 5.74) is 5.22. The Balaban J connectivity index is 1.54. The van der Waals surface area contributed by atoms with Crippen molar-refractivity contribution in [3.8, 4) is 16.3 Å².